The molecule has 0 radical (unpaired) electrons. The second kappa shape index (κ2) is 10.9. The molecule has 1 heterocycles. The van der Waals surface area contributed by atoms with Gasteiger partial charge >= 0.3 is 0 Å². The summed E-state index contributed by atoms with van der Waals surface area (Å²) in [4.78, 5) is 12.2. The fourth-order valence-corrected chi connectivity index (χ4v) is 7.42. The van der Waals surface area contributed by atoms with Gasteiger partial charge in [-0.25, -0.2) is 13.4 Å². The SMILES string of the molecule is CC1CCCN1N(CC=O)S(=O)(=O)c1c(SCCCCN)cc2ccccc2c1CO. The number of aliphatic hydroxyl groups is 1. The van der Waals surface area contributed by atoms with Crippen molar-refractivity contribution in [3.63, 3.8) is 0 Å². The molecular weight excluding hydrogens is 434 g/mol. The largest absolute Gasteiger partial charge is 0.392 e. The van der Waals surface area contributed by atoms with Crippen molar-refractivity contribution in [3.8, 4) is 0 Å². The number of hydrogen-bond acceptors (Lipinski definition) is 7. The molecule has 0 saturated carbocycles. The zero-order valence-electron chi connectivity index (χ0n) is 17.9. The van der Waals surface area contributed by atoms with Crippen molar-refractivity contribution in [1.82, 2.24) is 9.42 Å². The smallest absolute Gasteiger partial charge is 0.257 e. The zero-order valence-corrected chi connectivity index (χ0v) is 19.5. The van der Waals surface area contributed by atoms with Gasteiger partial charge in [-0.15, -0.1) is 16.2 Å². The Morgan fingerprint density at radius 1 is 1.32 bits per heavy atom. The number of nitrogens with two attached hydrogens (primary N) is 1. The van der Waals surface area contributed by atoms with Crippen LogP contribution in [0.3, 0.4) is 0 Å². The quantitative estimate of drug-likeness (QED) is 0.299. The molecule has 2 aromatic rings. The first kappa shape index (κ1) is 24.2. The third-order valence-corrected chi connectivity index (χ3v) is 8.81. The fourth-order valence-electron chi connectivity index (χ4n) is 4.11. The van der Waals surface area contributed by atoms with E-state index in [0.717, 1.165) is 36.8 Å². The lowest BCUT2D eigenvalue weighted by molar-refractivity contribution is -0.110. The van der Waals surface area contributed by atoms with E-state index < -0.39 is 16.6 Å². The first-order valence-electron chi connectivity index (χ1n) is 10.7. The predicted molar refractivity (Wildman–Crippen MR) is 124 cm³/mol. The van der Waals surface area contributed by atoms with Crippen LogP contribution in [0.4, 0.5) is 0 Å². The van der Waals surface area contributed by atoms with Crippen molar-refractivity contribution in [2.75, 3.05) is 25.4 Å². The highest BCUT2D eigenvalue weighted by Gasteiger charge is 2.38. The molecule has 0 aliphatic carbocycles. The number of hydrazine groups is 1. The van der Waals surface area contributed by atoms with E-state index in [4.69, 9.17) is 5.73 Å². The summed E-state index contributed by atoms with van der Waals surface area (Å²) < 4.78 is 29.1. The van der Waals surface area contributed by atoms with E-state index in [1.807, 2.05) is 37.3 Å². The van der Waals surface area contributed by atoms with E-state index in [0.29, 0.717) is 35.2 Å². The maximum Gasteiger partial charge on any atom is 0.257 e. The number of unbranched alkanes of at least 4 members (excludes halogenated alkanes) is 1. The molecule has 1 unspecified atom stereocenters. The van der Waals surface area contributed by atoms with E-state index in [2.05, 4.69) is 0 Å². The summed E-state index contributed by atoms with van der Waals surface area (Å²) >= 11 is 1.46. The Hall–Kier alpha value is -1.49. The minimum Gasteiger partial charge on any atom is -0.392 e. The average molecular weight is 466 g/mol. The highest BCUT2D eigenvalue weighted by atomic mass is 32.2. The fraction of sp³-hybridized carbons (Fsp3) is 0.500. The lowest BCUT2D eigenvalue weighted by atomic mass is 10.1. The monoisotopic (exact) mass is 465 g/mol. The maximum absolute atomic E-state index is 14.0. The number of aldehydes is 1. The van der Waals surface area contributed by atoms with Crippen LogP contribution >= 0.6 is 11.8 Å². The summed E-state index contributed by atoms with van der Waals surface area (Å²) in [5.74, 6) is 0.719. The van der Waals surface area contributed by atoms with Crippen LogP contribution in [0.5, 0.6) is 0 Å². The molecule has 1 aliphatic heterocycles. The molecule has 3 N–H and O–H groups in total. The topological polar surface area (TPSA) is 104 Å². The van der Waals surface area contributed by atoms with Crippen LogP contribution < -0.4 is 5.73 Å². The second-order valence-corrected chi connectivity index (χ2v) is 10.7. The van der Waals surface area contributed by atoms with Crippen LogP contribution in [0.25, 0.3) is 10.8 Å². The minimum atomic E-state index is -4.06. The number of thioether (sulfide) groups is 1. The molecule has 7 nitrogen and oxygen atoms in total. The lowest BCUT2D eigenvalue weighted by Gasteiger charge is -2.33. The number of hydrogen-bond donors (Lipinski definition) is 2. The molecule has 31 heavy (non-hydrogen) atoms. The van der Waals surface area contributed by atoms with Crippen LogP contribution in [-0.2, 0) is 21.4 Å². The number of nitrogens with zero attached hydrogens (tertiary/aromatic N) is 2. The third-order valence-electron chi connectivity index (χ3n) is 5.66. The van der Waals surface area contributed by atoms with Crippen LogP contribution in [0, 0.1) is 0 Å². The number of carbonyl (C=O) groups excluding carboxylic acids is 1. The number of fused-ring (bicyclic) bond motifs is 1. The van der Waals surface area contributed by atoms with Gasteiger partial charge in [0.2, 0.25) is 0 Å². The van der Waals surface area contributed by atoms with Gasteiger partial charge in [-0.3, -0.25) is 0 Å². The Morgan fingerprint density at radius 3 is 2.74 bits per heavy atom. The Balaban J connectivity index is 2.17. The number of sulfonamides is 1. The molecule has 170 valence electrons. The summed E-state index contributed by atoms with van der Waals surface area (Å²) in [5, 5.41) is 13.6. The Morgan fingerprint density at radius 2 is 2.10 bits per heavy atom. The number of benzene rings is 2. The molecule has 2 aromatic carbocycles. The van der Waals surface area contributed by atoms with Crippen molar-refractivity contribution in [1.29, 1.82) is 0 Å². The van der Waals surface area contributed by atoms with Crippen molar-refractivity contribution in [2.24, 2.45) is 5.73 Å². The Bertz CT molecular complexity index is 1010. The van der Waals surface area contributed by atoms with Crippen LogP contribution in [-0.4, -0.2) is 60.7 Å². The van der Waals surface area contributed by atoms with Crippen LogP contribution in [0.1, 0.15) is 38.2 Å². The average Bonchev–Trinajstić information content (AvgIpc) is 3.19. The first-order chi connectivity index (χ1) is 15.0. The van der Waals surface area contributed by atoms with Gasteiger partial charge in [-0.1, -0.05) is 24.3 Å². The van der Waals surface area contributed by atoms with Crippen LogP contribution in [0.2, 0.25) is 0 Å². The molecule has 0 spiro atoms. The van der Waals surface area contributed by atoms with Crippen LogP contribution in [0.15, 0.2) is 40.1 Å². The minimum absolute atomic E-state index is 0.0217. The molecule has 1 aliphatic rings. The van der Waals surface area contributed by atoms with Gasteiger partial charge in [0.05, 0.1) is 13.2 Å². The lowest BCUT2D eigenvalue weighted by Crippen LogP contribution is -2.49. The van der Waals surface area contributed by atoms with Crippen molar-refractivity contribution < 1.29 is 18.3 Å². The third kappa shape index (κ3) is 5.13. The molecule has 0 bridgehead atoms. The van der Waals surface area contributed by atoms with Gasteiger partial charge in [-0.2, -0.15) is 0 Å². The van der Waals surface area contributed by atoms with Gasteiger partial charge in [-0.05, 0) is 61.7 Å². The molecule has 3 rings (SSSR count). The van der Waals surface area contributed by atoms with E-state index in [1.54, 1.807) is 5.01 Å². The molecule has 1 fully saturated rings. The molecule has 0 amide bonds. The standard InChI is InChI=1S/C22H31N3O4S2/c1-17-7-6-11-24(17)25(12-13-26)31(28,29)22-20(16-27)19-9-3-2-8-18(19)15-21(22)30-14-5-4-10-23/h2-3,8-9,13,15,17,27H,4-7,10-12,14,16,23H2,1H3. The second-order valence-electron chi connectivity index (χ2n) is 7.74. The number of rotatable bonds is 11. The molecular formula is C22H31N3O4S2. The van der Waals surface area contributed by atoms with Crippen molar-refractivity contribution >= 4 is 38.8 Å². The van der Waals surface area contributed by atoms with Gasteiger partial charge in [0.25, 0.3) is 10.0 Å². The van der Waals surface area contributed by atoms with Gasteiger partial charge in [0, 0.05) is 23.0 Å². The molecule has 0 aromatic heterocycles. The number of carbonyl (C=O) groups is 1. The van der Waals surface area contributed by atoms with Gasteiger partial charge in [0.1, 0.15) is 11.2 Å². The Labute approximate surface area is 188 Å². The highest BCUT2D eigenvalue weighted by molar-refractivity contribution is 8.00. The Kier molecular flexibility index (Phi) is 8.49. The maximum atomic E-state index is 14.0. The summed E-state index contributed by atoms with van der Waals surface area (Å²) in [6.07, 6.45) is 4.09. The summed E-state index contributed by atoms with van der Waals surface area (Å²) in [6.45, 7) is 2.48. The normalized spacial score (nSPS) is 17.6. The van der Waals surface area contributed by atoms with E-state index in [1.165, 1.54) is 16.2 Å². The highest BCUT2D eigenvalue weighted by Crippen LogP contribution is 2.38. The van der Waals surface area contributed by atoms with E-state index >= 15 is 0 Å². The zero-order chi connectivity index (χ0) is 22.4. The van der Waals surface area contributed by atoms with E-state index in [9.17, 15) is 18.3 Å². The van der Waals surface area contributed by atoms with E-state index in [-0.39, 0.29) is 17.5 Å². The predicted octanol–water partition coefficient (Wildman–Crippen LogP) is 2.75. The first-order valence-corrected chi connectivity index (χ1v) is 13.1. The number of aliphatic hydroxyl groups excluding tert-OH is 1. The molecule has 1 saturated heterocycles. The summed E-state index contributed by atoms with van der Waals surface area (Å²) in [5.41, 5.74) is 5.98. The van der Waals surface area contributed by atoms with Crippen molar-refractivity contribution in [2.45, 2.75) is 55.0 Å². The summed E-state index contributed by atoms with van der Waals surface area (Å²) in [7, 11) is -4.06. The van der Waals surface area contributed by atoms with Crippen molar-refractivity contribution in [3.05, 3.63) is 35.9 Å². The van der Waals surface area contributed by atoms with Gasteiger partial charge in [0.15, 0.2) is 0 Å². The summed E-state index contributed by atoms with van der Waals surface area (Å²) in [6, 6.07) is 9.36. The molecule has 1 atom stereocenters. The molecule has 9 heteroatoms. The van der Waals surface area contributed by atoms with Gasteiger partial charge < -0.3 is 15.6 Å².